The monoisotopic (exact) mass is 466 g/mol. The Morgan fingerprint density at radius 1 is 1.30 bits per heavy atom. The first kappa shape index (κ1) is 25.9. The highest BCUT2D eigenvalue weighted by Crippen LogP contribution is 2.29. The van der Waals surface area contributed by atoms with Crippen LogP contribution in [-0.4, -0.2) is 66.9 Å². The number of nitrogens with two attached hydrogens (primary N) is 2. The van der Waals surface area contributed by atoms with Crippen molar-refractivity contribution in [3.63, 3.8) is 0 Å². The summed E-state index contributed by atoms with van der Waals surface area (Å²) in [5, 5.41) is 12.6. The predicted molar refractivity (Wildman–Crippen MR) is 123 cm³/mol. The first-order chi connectivity index (χ1) is 15.5. The van der Waals surface area contributed by atoms with Crippen LogP contribution in [0, 0.1) is 0 Å². The zero-order valence-corrected chi connectivity index (χ0v) is 18.8. The Morgan fingerprint density at radius 3 is 2.45 bits per heavy atom. The van der Waals surface area contributed by atoms with E-state index in [-0.39, 0.29) is 42.1 Å². The summed E-state index contributed by atoms with van der Waals surface area (Å²) in [6.45, 7) is 3.96. The number of hydrogen-bond donors (Lipinski definition) is 4. The lowest BCUT2D eigenvalue weighted by molar-refractivity contribution is -0.128. The number of aliphatic hydroxyl groups is 1. The number of nitrogens with zero attached hydrogens (tertiary/aromatic N) is 3. The quantitative estimate of drug-likeness (QED) is 0.361. The number of nitrogens with one attached hydrogen (secondary N) is 1. The molecule has 1 aliphatic heterocycles. The van der Waals surface area contributed by atoms with Crippen LogP contribution in [-0.2, 0) is 4.79 Å². The van der Waals surface area contributed by atoms with Gasteiger partial charge in [-0.25, -0.2) is 4.99 Å². The molecular formula is C22H29F3N6O2. The van der Waals surface area contributed by atoms with E-state index in [4.69, 9.17) is 11.5 Å². The predicted octanol–water partition coefficient (Wildman–Crippen LogP) is 2.08. The summed E-state index contributed by atoms with van der Waals surface area (Å²) >= 11 is 0. The second-order valence-electron chi connectivity index (χ2n) is 7.63. The zero-order valence-electron chi connectivity index (χ0n) is 18.8. The molecule has 0 aliphatic carbocycles. The fraction of sp³-hybridized carbons (Fsp3) is 0.409. The van der Waals surface area contributed by atoms with Crippen molar-refractivity contribution >= 4 is 29.2 Å². The molecule has 0 saturated carbocycles. The van der Waals surface area contributed by atoms with Gasteiger partial charge in [-0.2, -0.15) is 13.2 Å². The average Bonchev–Trinajstić information content (AvgIpc) is 2.77. The highest BCUT2D eigenvalue weighted by Gasteiger charge is 2.34. The molecule has 1 aromatic rings. The molecule has 1 aromatic carbocycles. The molecule has 0 spiro atoms. The lowest BCUT2D eigenvalue weighted by Gasteiger charge is -2.31. The van der Waals surface area contributed by atoms with Crippen LogP contribution in [0.3, 0.4) is 0 Å². The van der Waals surface area contributed by atoms with Gasteiger partial charge in [0.25, 0.3) is 0 Å². The number of allylic oxidation sites excluding steroid dienone is 2. The molecule has 1 aliphatic rings. The minimum absolute atomic E-state index is 0.0797. The van der Waals surface area contributed by atoms with Gasteiger partial charge < -0.3 is 26.8 Å². The SMILES string of the molecule is CN=CC(=C(N)C(F)(F)F)c1ccc(N=C(N)C2=C(NC(C)CO)CCN(C(C)=O)C2)cc1. The Labute approximate surface area is 190 Å². The Morgan fingerprint density at radius 2 is 1.94 bits per heavy atom. The third kappa shape index (κ3) is 6.82. The normalized spacial score (nSPS) is 17.3. The summed E-state index contributed by atoms with van der Waals surface area (Å²) in [5.74, 6) is 0.0695. The zero-order chi connectivity index (χ0) is 24.8. The van der Waals surface area contributed by atoms with Crippen LogP contribution in [0.1, 0.15) is 25.8 Å². The van der Waals surface area contributed by atoms with E-state index >= 15 is 0 Å². The third-order valence-corrected chi connectivity index (χ3v) is 5.08. The number of aliphatic hydroxyl groups excluding tert-OH is 1. The number of aliphatic imine (C=N–C) groups is 2. The van der Waals surface area contributed by atoms with E-state index in [1.54, 1.807) is 4.90 Å². The minimum atomic E-state index is -4.69. The van der Waals surface area contributed by atoms with Crippen molar-refractivity contribution in [1.82, 2.24) is 10.2 Å². The maximum Gasteiger partial charge on any atom is 0.431 e. The van der Waals surface area contributed by atoms with Gasteiger partial charge in [0.2, 0.25) is 5.91 Å². The average molecular weight is 467 g/mol. The first-order valence-corrected chi connectivity index (χ1v) is 10.3. The van der Waals surface area contributed by atoms with Gasteiger partial charge in [0.1, 0.15) is 11.5 Å². The number of hydrogen-bond acceptors (Lipinski definition) is 6. The number of halogens is 3. The largest absolute Gasteiger partial charge is 0.431 e. The molecule has 1 unspecified atom stereocenters. The van der Waals surface area contributed by atoms with Gasteiger partial charge in [0.05, 0.1) is 18.8 Å². The molecule has 0 fully saturated rings. The van der Waals surface area contributed by atoms with Crippen molar-refractivity contribution in [1.29, 1.82) is 0 Å². The summed E-state index contributed by atoms with van der Waals surface area (Å²) < 4.78 is 39.2. The van der Waals surface area contributed by atoms with Crippen LogP contribution >= 0.6 is 0 Å². The highest BCUT2D eigenvalue weighted by atomic mass is 19.4. The molecular weight excluding hydrogens is 437 g/mol. The van der Waals surface area contributed by atoms with Crippen LogP contribution in [0.25, 0.3) is 5.57 Å². The topological polar surface area (TPSA) is 129 Å². The van der Waals surface area contributed by atoms with Crippen LogP contribution in [0.2, 0.25) is 0 Å². The highest BCUT2D eigenvalue weighted by molar-refractivity contribution is 6.11. The molecule has 0 radical (unpaired) electrons. The van der Waals surface area contributed by atoms with Gasteiger partial charge in [-0.15, -0.1) is 0 Å². The Balaban J connectivity index is 2.41. The maximum absolute atomic E-state index is 13.1. The summed E-state index contributed by atoms with van der Waals surface area (Å²) in [4.78, 5) is 21.5. The van der Waals surface area contributed by atoms with Crippen molar-refractivity contribution < 1.29 is 23.1 Å². The number of benzene rings is 1. The number of alkyl halides is 3. The number of amidine groups is 1. The van der Waals surface area contributed by atoms with Gasteiger partial charge in [-0.1, -0.05) is 12.1 Å². The van der Waals surface area contributed by atoms with Crippen molar-refractivity contribution in [2.24, 2.45) is 21.5 Å². The van der Waals surface area contributed by atoms with Gasteiger partial charge in [-0.05, 0) is 24.6 Å². The number of amides is 1. The van der Waals surface area contributed by atoms with E-state index in [0.29, 0.717) is 24.2 Å². The van der Waals surface area contributed by atoms with Crippen molar-refractivity contribution in [3.05, 3.63) is 46.8 Å². The van der Waals surface area contributed by atoms with E-state index in [9.17, 15) is 23.1 Å². The number of carbonyl (C=O) groups excluding carboxylic acids is 1. The van der Waals surface area contributed by atoms with E-state index in [1.165, 1.54) is 38.2 Å². The molecule has 6 N–H and O–H groups in total. The first-order valence-electron chi connectivity index (χ1n) is 10.3. The van der Waals surface area contributed by atoms with Crippen LogP contribution in [0.15, 0.2) is 51.2 Å². The molecule has 1 atom stereocenters. The van der Waals surface area contributed by atoms with Crippen molar-refractivity contribution in [2.75, 3.05) is 26.7 Å². The number of carbonyl (C=O) groups is 1. The fourth-order valence-corrected chi connectivity index (χ4v) is 3.27. The van der Waals surface area contributed by atoms with E-state index in [2.05, 4.69) is 15.3 Å². The van der Waals surface area contributed by atoms with E-state index < -0.39 is 11.9 Å². The van der Waals surface area contributed by atoms with Gasteiger partial charge >= 0.3 is 6.18 Å². The van der Waals surface area contributed by atoms with Gasteiger partial charge in [0.15, 0.2) is 0 Å². The molecule has 0 bridgehead atoms. The molecule has 180 valence electrons. The second-order valence-corrected chi connectivity index (χ2v) is 7.63. The summed E-state index contributed by atoms with van der Waals surface area (Å²) in [6.07, 6.45) is -3.11. The third-order valence-electron chi connectivity index (χ3n) is 5.08. The fourth-order valence-electron chi connectivity index (χ4n) is 3.27. The summed E-state index contributed by atoms with van der Waals surface area (Å²) in [6, 6.07) is 5.73. The van der Waals surface area contributed by atoms with Crippen LogP contribution < -0.4 is 16.8 Å². The molecule has 1 amide bonds. The molecule has 0 aromatic heterocycles. The van der Waals surface area contributed by atoms with Crippen LogP contribution in [0.5, 0.6) is 0 Å². The van der Waals surface area contributed by atoms with Crippen LogP contribution in [0.4, 0.5) is 18.9 Å². The Kier molecular flexibility index (Phi) is 8.63. The molecule has 11 heteroatoms. The molecule has 0 saturated heterocycles. The smallest absolute Gasteiger partial charge is 0.394 e. The Bertz CT molecular complexity index is 981. The van der Waals surface area contributed by atoms with Gasteiger partial charge in [-0.3, -0.25) is 9.79 Å². The summed E-state index contributed by atoms with van der Waals surface area (Å²) in [5.41, 5.74) is 12.1. The lowest BCUT2D eigenvalue weighted by Crippen LogP contribution is -2.43. The lowest BCUT2D eigenvalue weighted by atomic mass is 10.0. The Hall–Kier alpha value is -3.34. The van der Waals surface area contributed by atoms with Crippen molar-refractivity contribution in [3.8, 4) is 0 Å². The second kappa shape index (κ2) is 11.0. The summed E-state index contributed by atoms with van der Waals surface area (Å²) in [7, 11) is 1.36. The van der Waals surface area contributed by atoms with E-state index in [1.807, 2.05) is 6.92 Å². The molecule has 33 heavy (non-hydrogen) atoms. The molecule has 2 rings (SSSR count). The maximum atomic E-state index is 13.1. The standard InChI is InChI=1S/C22H29F3N6O2/c1-13(12-32)29-19-8-9-31(14(2)33)11-18(19)21(27)30-16-6-4-15(5-7-16)17(10-28-3)20(26)22(23,24)25/h4-7,10,13,29,32H,8-9,11-12,26H2,1-3H3,(H2,27,30). The van der Waals surface area contributed by atoms with E-state index in [0.717, 1.165) is 11.9 Å². The molecule has 1 heterocycles. The van der Waals surface area contributed by atoms with Gasteiger partial charge in [0, 0.05) is 56.0 Å². The van der Waals surface area contributed by atoms with Crippen molar-refractivity contribution in [2.45, 2.75) is 32.5 Å². The number of rotatable bonds is 7. The molecule has 8 nitrogen and oxygen atoms in total. The minimum Gasteiger partial charge on any atom is -0.394 e.